The highest BCUT2D eigenvalue weighted by molar-refractivity contribution is 7.43. The molecule has 0 aliphatic rings. The summed E-state index contributed by atoms with van der Waals surface area (Å²) in [6, 6.07) is 13.3. The van der Waals surface area contributed by atoms with E-state index in [0.29, 0.717) is 17.2 Å². The van der Waals surface area contributed by atoms with E-state index in [0.717, 1.165) is 33.4 Å². The third-order valence-corrected chi connectivity index (χ3v) is 5.98. The molecule has 1 aromatic carbocycles. The third kappa shape index (κ3) is 4.19. The number of pyridine rings is 3. The first-order valence-electron chi connectivity index (χ1n) is 9.55. The first-order valence-corrected chi connectivity index (χ1v) is 10.6. The second-order valence-corrected chi connectivity index (χ2v) is 7.86. The van der Waals surface area contributed by atoms with Crippen LogP contribution >= 0.6 is 8.60 Å². The van der Waals surface area contributed by atoms with Crippen LogP contribution in [0, 0.1) is 27.7 Å². The normalized spacial score (nSPS) is 11.0. The summed E-state index contributed by atoms with van der Waals surface area (Å²) in [6.45, 7) is 7.82. The van der Waals surface area contributed by atoms with Crippen LogP contribution in [0.25, 0.3) is 10.9 Å². The molecule has 0 unspecified atom stereocenters. The molecule has 0 N–H and O–H groups in total. The van der Waals surface area contributed by atoms with Crippen molar-refractivity contribution in [3.05, 3.63) is 83.6 Å². The van der Waals surface area contributed by atoms with Crippen molar-refractivity contribution >= 4 is 19.5 Å². The van der Waals surface area contributed by atoms with E-state index in [1.54, 1.807) is 18.6 Å². The molecule has 0 amide bonds. The lowest BCUT2D eigenvalue weighted by molar-refractivity contribution is 0.387. The topological polar surface area (TPSA) is 66.4 Å². The average molecular weight is 419 g/mol. The van der Waals surface area contributed by atoms with Crippen LogP contribution in [-0.2, 0) is 0 Å². The molecule has 3 aromatic heterocycles. The highest BCUT2D eigenvalue weighted by atomic mass is 31.2. The van der Waals surface area contributed by atoms with Crippen LogP contribution in [0.5, 0.6) is 17.2 Å². The highest BCUT2D eigenvalue weighted by Crippen LogP contribution is 2.45. The number of nitrogens with zero attached hydrogens (tertiary/aromatic N) is 3. The maximum Gasteiger partial charge on any atom is 0.530 e. The fraction of sp³-hybridized carbons (Fsp3) is 0.174. The first-order chi connectivity index (χ1) is 14.5. The van der Waals surface area contributed by atoms with Crippen LogP contribution in [-0.4, -0.2) is 15.0 Å². The number of para-hydroxylation sites is 1. The Hall–Kier alpha value is -3.24. The van der Waals surface area contributed by atoms with Gasteiger partial charge in [-0.3, -0.25) is 15.0 Å². The van der Waals surface area contributed by atoms with Gasteiger partial charge < -0.3 is 13.6 Å². The second kappa shape index (κ2) is 8.64. The van der Waals surface area contributed by atoms with E-state index in [1.807, 2.05) is 70.2 Å². The Labute approximate surface area is 176 Å². The van der Waals surface area contributed by atoms with Gasteiger partial charge in [0.1, 0.15) is 17.2 Å². The van der Waals surface area contributed by atoms with Crippen LogP contribution < -0.4 is 13.6 Å². The van der Waals surface area contributed by atoms with Crippen LogP contribution in [0.1, 0.15) is 22.5 Å². The average Bonchev–Trinajstić information content (AvgIpc) is 2.75. The molecular weight excluding hydrogens is 397 g/mol. The van der Waals surface area contributed by atoms with Crippen molar-refractivity contribution in [2.75, 3.05) is 0 Å². The molecule has 0 atom stereocenters. The zero-order valence-corrected chi connectivity index (χ0v) is 18.2. The smallest absolute Gasteiger partial charge is 0.408 e. The van der Waals surface area contributed by atoms with Crippen LogP contribution in [0.2, 0.25) is 0 Å². The maximum absolute atomic E-state index is 6.26. The van der Waals surface area contributed by atoms with Gasteiger partial charge in [-0.25, -0.2) is 0 Å². The van der Waals surface area contributed by atoms with Crippen molar-refractivity contribution in [3.63, 3.8) is 0 Å². The molecule has 4 rings (SSSR count). The Balaban J connectivity index is 1.71. The number of aromatic nitrogens is 3. The van der Waals surface area contributed by atoms with Crippen molar-refractivity contribution in [1.82, 2.24) is 15.0 Å². The van der Waals surface area contributed by atoms with Crippen molar-refractivity contribution in [2.24, 2.45) is 0 Å². The quantitative estimate of drug-likeness (QED) is 0.356. The van der Waals surface area contributed by atoms with Crippen molar-refractivity contribution in [1.29, 1.82) is 0 Å². The number of benzene rings is 1. The predicted octanol–water partition coefficient (Wildman–Crippen LogP) is 6.02. The van der Waals surface area contributed by atoms with Gasteiger partial charge in [0.25, 0.3) is 0 Å². The Kier molecular flexibility index (Phi) is 5.77. The van der Waals surface area contributed by atoms with Gasteiger partial charge >= 0.3 is 8.60 Å². The molecule has 0 aliphatic heterocycles. The van der Waals surface area contributed by atoms with Crippen molar-refractivity contribution in [3.8, 4) is 17.2 Å². The summed E-state index contributed by atoms with van der Waals surface area (Å²) in [4.78, 5) is 13.0. The SMILES string of the molecule is Cc1nccc(OP(Oc2ccnc(C)c2C)Oc2ccnc3ccccc23)c1C. The van der Waals surface area contributed by atoms with Crippen LogP contribution in [0.4, 0.5) is 0 Å². The fourth-order valence-corrected chi connectivity index (χ4v) is 4.03. The summed E-state index contributed by atoms with van der Waals surface area (Å²) in [5.74, 6) is 2.00. The van der Waals surface area contributed by atoms with Gasteiger partial charge in [0, 0.05) is 46.5 Å². The molecule has 0 bridgehead atoms. The van der Waals surface area contributed by atoms with Gasteiger partial charge in [-0.2, -0.15) is 0 Å². The Morgan fingerprint density at radius 3 is 1.73 bits per heavy atom. The summed E-state index contributed by atoms with van der Waals surface area (Å²) in [5, 5.41) is 0.893. The number of hydrogen-bond acceptors (Lipinski definition) is 6. The summed E-state index contributed by atoms with van der Waals surface area (Å²) in [6.07, 6.45) is 5.15. The highest BCUT2D eigenvalue weighted by Gasteiger charge is 2.23. The predicted molar refractivity (Wildman–Crippen MR) is 118 cm³/mol. The minimum atomic E-state index is -1.80. The van der Waals surface area contributed by atoms with Gasteiger partial charge in [0.2, 0.25) is 0 Å². The van der Waals surface area contributed by atoms with Gasteiger partial charge in [0.05, 0.1) is 5.52 Å². The van der Waals surface area contributed by atoms with Crippen molar-refractivity contribution in [2.45, 2.75) is 27.7 Å². The first kappa shape index (κ1) is 20.0. The van der Waals surface area contributed by atoms with Gasteiger partial charge in [-0.05, 0) is 58.0 Å². The van der Waals surface area contributed by atoms with Gasteiger partial charge in [-0.15, -0.1) is 0 Å². The molecule has 0 radical (unpaired) electrons. The monoisotopic (exact) mass is 419 g/mol. The Morgan fingerprint density at radius 2 is 1.10 bits per heavy atom. The summed E-state index contributed by atoms with van der Waals surface area (Å²) < 4.78 is 18.7. The van der Waals surface area contributed by atoms with Gasteiger partial charge in [0.15, 0.2) is 0 Å². The third-order valence-electron chi connectivity index (χ3n) is 4.94. The molecule has 0 saturated carbocycles. The Morgan fingerprint density at radius 1 is 0.600 bits per heavy atom. The molecule has 0 spiro atoms. The summed E-state index contributed by atoms with van der Waals surface area (Å²) >= 11 is 0. The molecule has 3 heterocycles. The largest absolute Gasteiger partial charge is 0.530 e. The summed E-state index contributed by atoms with van der Waals surface area (Å²) in [7, 11) is -1.80. The lowest BCUT2D eigenvalue weighted by Gasteiger charge is -2.20. The molecule has 4 aromatic rings. The second-order valence-electron chi connectivity index (χ2n) is 6.86. The summed E-state index contributed by atoms with van der Waals surface area (Å²) in [5.41, 5.74) is 4.52. The number of hydrogen-bond donors (Lipinski definition) is 0. The number of fused-ring (bicyclic) bond motifs is 1. The molecule has 6 nitrogen and oxygen atoms in total. The lowest BCUT2D eigenvalue weighted by Crippen LogP contribution is -2.05. The molecule has 152 valence electrons. The molecule has 0 saturated heterocycles. The zero-order chi connectivity index (χ0) is 21.1. The Bertz CT molecular complexity index is 1140. The van der Waals surface area contributed by atoms with E-state index in [2.05, 4.69) is 15.0 Å². The van der Waals surface area contributed by atoms with Crippen molar-refractivity contribution < 1.29 is 13.6 Å². The van der Waals surface area contributed by atoms with E-state index in [4.69, 9.17) is 13.6 Å². The standard InChI is InChI=1S/C23H22N3O3P/c1-15-17(3)24-12-9-21(15)27-30(28-22-10-13-25-18(4)16(22)2)29-23-11-14-26-20-8-6-5-7-19(20)23/h5-14H,1-4H3. The van der Waals surface area contributed by atoms with E-state index in [9.17, 15) is 0 Å². The molecule has 0 fully saturated rings. The molecular formula is C23H22N3O3P. The number of rotatable bonds is 6. The van der Waals surface area contributed by atoms with E-state index < -0.39 is 8.60 Å². The van der Waals surface area contributed by atoms with Gasteiger partial charge in [-0.1, -0.05) is 12.1 Å². The molecule has 7 heteroatoms. The maximum atomic E-state index is 6.26. The van der Waals surface area contributed by atoms with E-state index in [-0.39, 0.29) is 0 Å². The van der Waals surface area contributed by atoms with E-state index >= 15 is 0 Å². The molecule has 0 aliphatic carbocycles. The number of aryl methyl sites for hydroxylation is 2. The fourth-order valence-electron chi connectivity index (χ4n) is 2.88. The lowest BCUT2D eigenvalue weighted by atomic mass is 10.2. The zero-order valence-electron chi connectivity index (χ0n) is 17.3. The minimum absolute atomic E-state index is 0.651. The minimum Gasteiger partial charge on any atom is -0.408 e. The van der Waals surface area contributed by atoms with Crippen LogP contribution in [0.3, 0.4) is 0 Å². The van der Waals surface area contributed by atoms with E-state index in [1.165, 1.54) is 0 Å². The molecule has 30 heavy (non-hydrogen) atoms. The van der Waals surface area contributed by atoms with Crippen LogP contribution in [0.15, 0.2) is 61.1 Å².